The van der Waals surface area contributed by atoms with Crippen molar-refractivity contribution in [2.45, 2.75) is 19.3 Å². The third kappa shape index (κ3) is 3.04. The molecule has 0 saturated carbocycles. The standard InChI is InChI=1S/C17H18N2O3/c20-17(19-21)7-3-4-10-22-12-8-9-14-13-5-1-2-6-15(13)18-16(14)11-12/h1-2,5-6,8-9,11,18,21H,3-4,7,10H2,(H,19,20). The first-order chi connectivity index (χ1) is 10.8. The molecule has 0 aliphatic heterocycles. The van der Waals surface area contributed by atoms with Gasteiger partial charge in [0.1, 0.15) is 5.75 Å². The summed E-state index contributed by atoms with van der Waals surface area (Å²) >= 11 is 0. The molecule has 0 bridgehead atoms. The largest absolute Gasteiger partial charge is 0.494 e. The van der Waals surface area contributed by atoms with Gasteiger partial charge in [-0.15, -0.1) is 0 Å². The number of amides is 1. The van der Waals surface area contributed by atoms with Crippen LogP contribution in [0.2, 0.25) is 0 Å². The van der Waals surface area contributed by atoms with Crippen molar-refractivity contribution in [2.24, 2.45) is 0 Å². The van der Waals surface area contributed by atoms with Crippen LogP contribution in [0.3, 0.4) is 0 Å². The predicted octanol–water partition coefficient (Wildman–Crippen LogP) is 3.38. The van der Waals surface area contributed by atoms with Crippen LogP contribution >= 0.6 is 0 Å². The van der Waals surface area contributed by atoms with Gasteiger partial charge in [0.25, 0.3) is 0 Å². The zero-order valence-corrected chi connectivity index (χ0v) is 12.1. The third-order valence-electron chi connectivity index (χ3n) is 3.67. The number of benzene rings is 2. The maximum Gasteiger partial charge on any atom is 0.243 e. The van der Waals surface area contributed by atoms with Crippen molar-refractivity contribution >= 4 is 27.7 Å². The van der Waals surface area contributed by atoms with Crippen LogP contribution in [0.15, 0.2) is 42.5 Å². The highest BCUT2D eigenvalue weighted by molar-refractivity contribution is 6.07. The minimum absolute atomic E-state index is 0.306. The first-order valence-corrected chi connectivity index (χ1v) is 7.34. The molecule has 0 saturated heterocycles. The van der Waals surface area contributed by atoms with Gasteiger partial charge in [-0.25, -0.2) is 5.48 Å². The smallest absolute Gasteiger partial charge is 0.243 e. The van der Waals surface area contributed by atoms with E-state index in [2.05, 4.69) is 23.2 Å². The van der Waals surface area contributed by atoms with E-state index in [0.29, 0.717) is 19.4 Å². The number of hydrogen-bond acceptors (Lipinski definition) is 3. The molecule has 114 valence electrons. The van der Waals surface area contributed by atoms with Crippen LogP contribution in [0.1, 0.15) is 19.3 Å². The lowest BCUT2D eigenvalue weighted by molar-refractivity contribution is -0.129. The van der Waals surface area contributed by atoms with E-state index in [0.717, 1.165) is 23.2 Å². The molecule has 0 atom stereocenters. The number of unbranched alkanes of at least 4 members (excludes halogenated alkanes) is 1. The van der Waals surface area contributed by atoms with Crippen LogP contribution in [-0.4, -0.2) is 22.7 Å². The topological polar surface area (TPSA) is 74.4 Å². The lowest BCUT2D eigenvalue weighted by atomic mass is 10.1. The van der Waals surface area contributed by atoms with E-state index in [1.165, 1.54) is 10.8 Å². The molecule has 3 rings (SSSR count). The fourth-order valence-electron chi connectivity index (χ4n) is 2.56. The van der Waals surface area contributed by atoms with Crippen molar-refractivity contribution in [1.82, 2.24) is 10.5 Å². The second-order valence-electron chi connectivity index (χ2n) is 5.22. The van der Waals surface area contributed by atoms with Crippen LogP contribution in [0.4, 0.5) is 0 Å². The van der Waals surface area contributed by atoms with Crippen LogP contribution in [0, 0.1) is 0 Å². The van der Waals surface area contributed by atoms with E-state index in [1.807, 2.05) is 24.3 Å². The highest BCUT2D eigenvalue weighted by atomic mass is 16.5. The minimum atomic E-state index is -0.362. The molecule has 0 radical (unpaired) electrons. The van der Waals surface area contributed by atoms with Gasteiger partial charge in [-0.1, -0.05) is 18.2 Å². The third-order valence-corrected chi connectivity index (χ3v) is 3.67. The van der Waals surface area contributed by atoms with Gasteiger partial charge in [0.05, 0.1) is 12.1 Å². The van der Waals surface area contributed by atoms with Gasteiger partial charge < -0.3 is 9.72 Å². The summed E-state index contributed by atoms with van der Waals surface area (Å²) in [7, 11) is 0. The molecule has 0 spiro atoms. The molecule has 1 heterocycles. The Bertz CT molecular complexity index is 795. The Kier molecular flexibility index (Phi) is 4.25. The van der Waals surface area contributed by atoms with Gasteiger partial charge in [-0.05, 0) is 31.0 Å². The van der Waals surface area contributed by atoms with Crippen molar-refractivity contribution in [3.05, 3.63) is 42.5 Å². The van der Waals surface area contributed by atoms with E-state index in [9.17, 15) is 4.79 Å². The van der Waals surface area contributed by atoms with Gasteiger partial charge in [0.2, 0.25) is 5.91 Å². The van der Waals surface area contributed by atoms with Crippen molar-refractivity contribution < 1.29 is 14.7 Å². The molecular formula is C17H18N2O3. The first-order valence-electron chi connectivity index (χ1n) is 7.34. The molecule has 0 fully saturated rings. The predicted molar refractivity (Wildman–Crippen MR) is 85.1 cm³/mol. The summed E-state index contributed by atoms with van der Waals surface area (Å²) < 4.78 is 5.71. The van der Waals surface area contributed by atoms with Gasteiger partial charge in [-0.2, -0.15) is 0 Å². The monoisotopic (exact) mass is 298 g/mol. The summed E-state index contributed by atoms with van der Waals surface area (Å²) in [5.74, 6) is 0.449. The molecule has 2 aromatic carbocycles. The SMILES string of the molecule is O=C(CCCCOc1ccc2c(c1)[nH]c1ccccc12)NO. The molecule has 0 unspecified atom stereocenters. The summed E-state index contributed by atoms with van der Waals surface area (Å²) in [4.78, 5) is 14.3. The number of nitrogens with one attached hydrogen (secondary N) is 2. The Morgan fingerprint density at radius 1 is 1.09 bits per heavy atom. The summed E-state index contributed by atoms with van der Waals surface area (Å²) in [6.45, 7) is 0.546. The van der Waals surface area contributed by atoms with Crippen molar-refractivity contribution in [3.8, 4) is 5.75 Å². The van der Waals surface area contributed by atoms with E-state index < -0.39 is 0 Å². The molecule has 1 aromatic heterocycles. The summed E-state index contributed by atoms with van der Waals surface area (Å²) in [6, 6.07) is 14.2. The normalized spacial score (nSPS) is 11.0. The number of fused-ring (bicyclic) bond motifs is 3. The Morgan fingerprint density at radius 2 is 1.91 bits per heavy atom. The fraction of sp³-hybridized carbons (Fsp3) is 0.235. The zero-order valence-electron chi connectivity index (χ0n) is 12.1. The number of hydroxylamine groups is 1. The van der Waals surface area contributed by atoms with E-state index in [-0.39, 0.29) is 5.91 Å². The highest BCUT2D eigenvalue weighted by Crippen LogP contribution is 2.28. The maximum atomic E-state index is 10.9. The molecule has 5 heteroatoms. The van der Waals surface area contributed by atoms with E-state index in [4.69, 9.17) is 9.94 Å². The number of aromatic amines is 1. The summed E-state index contributed by atoms with van der Waals surface area (Å²) in [5.41, 5.74) is 3.79. The molecule has 3 N–H and O–H groups in total. The van der Waals surface area contributed by atoms with Gasteiger partial charge in [-0.3, -0.25) is 10.0 Å². The highest BCUT2D eigenvalue weighted by Gasteiger charge is 2.05. The molecular weight excluding hydrogens is 280 g/mol. The number of rotatable bonds is 6. The number of aromatic nitrogens is 1. The van der Waals surface area contributed by atoms with E-state index in [1.54, 1.807) is 5.48 Å². The zero-order chi connectivity index (χ0) is 15.4. The number of carbonyl (C=O) groups is 1. The van der Waals surface area contributed by atoms with Gasteiger partial charge in [0, 0.05) is 28.8 Å². The number of ether oxygens (including phenoxy) is 1. The summed E-state index contributed by atoms with van der Waals surface area (Å²) in [6.07, 6.45) is 1.75. The molecule has 1 amide bonds. The number of hydrogen-bond donors (Lipinski definition) is 3. The van der Waals surface area contributed by atoms with Gasteiger partial charge in [0.15, 0.2) is 0 Å². The van der Waals surface area contributed by atoms with Crippen LogP contribution in [-0.2, 0) is 4.79 Å². The number of carbonyl (C=O) groups excluding carboxylic acids is 1. The van der Waals surface area contributed by atoms with Crippen LogP contribution < -0.4 is 10.2 Å². The van der Waals surface area contributed by atoms with Crippen LogP contribution in [0.25, 0.3) is 21.8 Å². The maximum absolute atomic E-state index is 10.9. The number of H-pyrrole nitrogens is 1. The Labute approximate surface area is 127 Å². The second-order valence-corrected chi connectivity index (χ2v) is 5.22. The number of para-hydroxylation sites is 1. The average molecular weight is 298 g/mol. The van der Waals surface area contributed by atoms with Crippen LogP contribution in [0.5, 0.6) is 5.75 Å². The van der Waals surface area contributed by atoms with Crippen molar-refractivity contribution in [3.63, 3.8) is 0 Å². The Balaban J connectivity index is 1.63. The molecule has 22 heavy (non-hydrogen) atoms. The van der Waals surface area contributed by atoms with E-state index >= 15 is 0 Å². The van der Waals surface area contributed by atoms with Crippen molar-refractivity contribution in [1.29, 1.82) is 0 Å². The lowest BCUT2D eigenvalue weighted by Crippen LogP contribution is -2.18. The minimum Gasteiger partial charge on any atom is -0.494 e. The Hall–Kier alpha value is -2.53. The first kappa shape index (κ1) is 14.4. The fourth-order valence-corrected chi connectivity index (χ4v) is 2.56. The molecule has 5 nitrogen and oxygen atoms in total. The quantitative estimate of drug-likeness (QED) is 0.371. The summed E-state index contributed by atoms with van der Waals surface area (Å²) in [5, 5.41) is 10.8. The molecule has 3 aromatic rings. The molecule has 0 aliphatic rings. The molecule has 0 aliphatic carbocycles. The second kappa shape index (κ2) is 6.49. The van der Waals surface area contributed by atoms with Crippen molar-refractivity contribution in [2.75, 3.05) is 6.61 Å². The lowest BCUT2D eigenvalue weighted by Gasteiger charge is -2.06. The Morgan fingerprint density at radius 3 is 2.77 bits per heavy atom. The van der Waals surface area contributed by atoms with Gasteiger partial charge >= 0.3 is 0 Å². The average Bonchev–Trinajstić information content (AvgIpc) is 2.92.